The van der Waals surface area contributed by atoms with E-state index in [1.807, 2.05) is 18.4 Å². The van der Waals surface area contributed by atoms with Crippen molar-refractivity contribution in [3.8, 4) is 0 Å². The minimum atomic E-state index is 0.511. The highest BCUT2D eigenvalue weighted by atomic mass is 16.3. The Balaban J connectivity index is 1.80. The number of para-hydroxylation sites is 1. The zero-order valence-electron chi connectivity index (χ0n) is 11.5. The van der Waals surface area contributed by atoms with E-state index in [0.29, 0.717) is 6.04 Å². The van der Waals surface area contributed by atoms with Crippen molar-refractivity contribution in [2.75, 3.05) is 13.1 Å². The van der Waals surface area contributed by atoms with Crippen molar-refractivity contribution >= 4 is 11.0 Å². The quantitative estimate of drug-likeness (QED) is 0.920. The average molecular weight is 258 g/mol. The Bertz CT molecular complexity index is 548. The van der Waals surface area contributed by atoms with Gasteiger partial charge in [0.25, 0.3) is 0 Å². The number of rotatable bonds is 3. The number of fused-ring (bicyclic) bond motifs is 1. The van der Waals surface area contributed by atoms with Crippen molar-refractivity contribution in [3.63, 3.8) is 0 Å². The predicted molar refractivity (Wildman–Crippen MR) is 77.9 cm³/mol. The summed E-state index contributed by atoms with van der Waals surface area (Å²) in [5.74, 6) is 0.797. The minimum Gasteiger partial charge on any atom is -0.464 e. The number of likely N-dealkylation sites (tertiary alicyclic amines) is 1. The van der Waals surface area contributed by atoms with E-state index < -0.39 is 0 Å². The highest BCUT2D eigenvalue weighted by molar-refractivity contribution is 5.80. The minimum absolute atomic E-state index is 0.511. The van der Waals surface area contributed by atoms with Gasteiger partial charge in [-0.1, -0.05) is 25.1 Å². The van der Waals surface area contributed by atoms with E-state index in [4.69, 9.17) is 10.2 Å². The smallest absolute Gasteiger partial charge is 0.134 e. The van der Waals surface area contributed by atoms with E-state index in [-0.39, 0.29) is 0 Å². The topological polar surface area (TPSA) is 42.4 Å². The van der Waals surface area contributed by atoms with Crippen molar-refractivity contribution in [1.82, 2.24) is 4.90 Å². The molecule has 1 aliphatic rings. The molecule has 0 spiro atoms. The molecule has 1 fully saturated rings. The van der Waals surface area contributed by atoms with Gasteiger partial charge in [0.05, 0.1) is 6.26 Å². The molecule has 0 saturated carbocycles. The van der Waals surface area contributed by atoms with Crippen LogP contribution in [0, 0.1) is 5.92 Å². The maximum atomic E-state index is 5.93. The molecule has 1 aromatic heterocycles. The van der Waals surface area contributed by atoms with Gasteiger partial charge in [0.1, 0.15) is 5.58 Å². The van der Waals surface area contributed by atoms with Crippen LogP contribution in [-0.2, 0) is 6.54 Å². The number of furan rings is 1. The molecule has 2 unspecified atom stereocenters. The van der Waals surface area contributed by atoms with Gasteiger partial charge in [0, 0.05) is 30.1 Å². The lowest BCUT2D eigenvalue weighted by Gasteiger charge is -2.37. The fourth-order valence-corrected chi connectivity index (χ4v) is 3.13. The van der Waals surface area contributed by atoms with E-state index in [2.05, 4.69) is 24.0 Å². The van der Waals surface area contributed by atoms with Crippen molar-refractivity contribution in [2.24, 2.45) is 11.7 Å². The molecule has 3 rings (SSSR count). The molecule has 2 heterocycles. The Hall–Kier alpha value is -1.32. The maximum Gasteiger partial charge on any atom is 0.134 e. The van der Waals surface area contributed by atoms with Crippen molar-refractivity contribution in [3.05, 3.63) is 36.1 Å². The van der Waals surface area contributed by atoms with Gasteiger partial charge in [-0.05, 0) is 31.4 Å². The molecule has 3 heteroatoms. The first-order chi connectivity index (χ1) is 9.28. The van der Waals surface area contributed by atoms with Crippen LogP contribution < -0.4 is 5.73 Å². The van der Waals surface area contributed by atoms with Crippen LogP contribution in [0.5, 0.6) is 0 Å². The number of hydrogen-bond acceptors (Lipinski definition) is 3. The lowest BCUT2D eigenvalue weighted by molar-refractivity contribution is 0.115. The largest absolute Gasteiger partial charge is 0.464 e. The van der Waals surface area contributed by atoms with Gasteiger partial charge in [0.2, 0.25) is 0 Å². The third kappa shape index (κ3) is 2.53. The molecule has 0 aliphatic carbocycles. The number of nitrogens with two attached hydrogens (primary N) is 1. The highest BCUT2D eigenvalue weighted by Gasteiger charge is 2.25. The molecule has 1 aromatic carbocycles. The molecule has 2 atom stereocenters. The van der Waals surface area contributed by atoms with Crippen LogP contribution >= 0.6 is 0 Å². The molecule has 2 N–H and O–H groups in total. The lowest BCUT2D eigenvalue weighted by Crippen LogP contribution is -2.45. The van der Waals surface area contributed by atoms with Crippen LogP contribution in [0.25, 0.3) is 11.0 Å². The first-order valence-electron chi connectivity index (χ1n) is 7.17. The number of piperidine rings is 1. The summed E-state index contributed by atoms with van der Waals surface area (Å²) in [7, 11) is 0. The zero-order valence-corrected chi connectivity index (χ0v) is 11.5. The van der Waals surface area contributed by atoms with E-state index in [1.165, 1.54) is 23.8 Å². The number of hydrogen-bond donors (Lipinski definition) is 1. The summed E-state index contributed by atoms with van der Waals surface area (Å²) in [6.45, 7) is 5.17. The summed E-state index contributed by atoms with van der Waals surface area (Å²) in [6, 6.07) is 8.76. The van der Waals surface area contributed by atoms with E-state index >= 15 is 0 Å². The summed E-state index contributed by atoms with van der Waals surface area (Å²) in [5.41, 5.74) is 8.19. The van der Waals surface area contributed by atoms with E-state index in [0.717, 1.165) is 31.1 Å². The van der Waals surface area contributed by atoms with Gasteiger partial charge >= 0.3 is 0 Å². The van der Waals surface area contributed by atoms with Crippen LogP contribution in [0.4, 0.5) is 0 Å². The van der Waals surface area contributed by atoms with Crippen molar-refractivity contribution in [2.45, 2.75) is 32.4 Å². The maximum absolute atomic E-state index is 5.93. The summed E-state index contributed by atoms with van der Waals surface area (Å²) in [6.07, 6.45) is 4.38. The van der Waals surface area contributed by atoms with Crippen molar-refractivity contribution < 1.29 is 4.42 Å². The van der Waals surface area contributed by atoms with Gasteiger partial charge in [0.15, 0.2) is 0 Å². The molecular weight excluding hydrogens is 236 g/mol. The monoisotopic (exact) mass is 258 g/mol. The van der Waals surface area contributed by atoms with Crippen LogP contribution in [0.2, 0.25) is 0 Å². The van der Waals surface area contributed by atoms with Crippen molar-refractivity contribution in [1.29, 1.82) is 0 Å². The molecular formula is C16H22N2O. The van der Waals surface area contributed by atoms with Gasteiger partial charge in [-0.2, -0.15) is 0 Å². The zero-order chi connectivity index (χ0) is 13.2. The first-order valence-corrected chi connectivity index (χ1v) is 7.17. The Morgan fingerprint density at radius 3 is 3.05 bits per heavy atom. The fraction of sp³-hybridized carbons (Fsp3) is 0.500. The molecule has 0 amide bonds. The molecule has 1 saturated heterocycles. The highest BCUT2D eigenvalue weighted by Crippen LogP contribution is 2.27. The van der Waals surface area contributed by atoms with Gasteiger partial charge in [-0.15, -0.1) is 0 Å². The van der Waals surface area contributed by atoms with Crippen LogP contribution in [0.15, 0.2) is 34.9 Å². The summed E-state index contributed by atoms with van der Waals surface area (Å²) in [5, 5.41) is 1.23. The first kappa shape index (κ1) is 12.7. The molecule has 2 aromatic rings. The van der Waals surface area contributed by atoms with Gasteiger partial charge in [-0.25, -0.2) is 0 Å². The Kier molecular flexibility index (Phi) is 3.58. The van der Waals surface area contributed by atoms with E-state index in [9.17, 15) is 0 Å². The molecule has 1 aliphatic heterocycles. The Labute approximate surface area is 114 Å². The Morgan fingerprint density at radius 2 is 2.21 bits per heavy atom. The second-order valence-corrected chi connectivity index (χ2v) is 5.75. The van der Waals surface area contributed by atoms with Gasteiger partial charge < -0.3 is 10.2 Å². The molecule has 0 radical (unpaired) electrons. The number of benzene rings is 1. The normalized spacial score (nSPS) is 24.9. The number of nitrogens with zero attached hydrogens (tertiary/aromatic N) is 1. The van der Waals surface area contributed by atoms with Gasteiger partial charge in [-0.3, -0.25) is 4.90 Å². The van der Waals surface area contributed by atoms with Crippen LogP contribution in [0.3, 0.4) is 0 Å². The summed E-state index contributed by atoms with van der Waals surface area (Å²) < 4.78 is 5.62. The van der Waals surface area contributed by atoms with E-state index in [1.54, 1.807) is 0 Å². The second kappa shape index (κ2) is 5.35. The molecule has 19 heavy (non-hydrogen) atoms. The molecule has 3 nitrogen and oxygen atoms in total. The molecule has 0 bridgehead atoms. The standard InChI is InChI=1S/C16H22N2O/c1-12-6-7-18(14(8-12)9-17)10-13-11-19-16-5-3-2-4-15(13)16/h2-5,11-12,14H,6-10,17H2,1H3. The third-order valence-corrected chi connectivity index (χ3v) is 4.31. The Morgan fingerprint density at radius 1 is 1.37 bits per heavy atom. The van der Waals surface area contributed by atoms with Crippen LogP contribution in [0.1, 0.15) is 25.3 Å². The predicted octanol–water partition coefficient (Wildman–Crippen LogP) is 2.99. The average Bonchev–Trinajstić information content (AvgIpc) is 2.84. The van der Waals surface area contributed by atoms with Crippen LogP contribution in [-0.4, -0.2) is 24.0 Å². The summed E-state index contributed by atoms with van der Waals surface area (Å²) in [4.78, 5) is 2.51. The SMILES string of the molecule is CC1CCN(Cc2coc3ccccc23)C(CN)C1. The third-order valence-electron chi connectivity index (χ3n) is 4.31. The summed E-state index contributed by atoms with van der Waals surface area (Å²) >= 11 is 0. The molecule has 102 valence electrons. The lowest BCUT2D eigenvalue weighted by atomic mass is 9.92. The second-order valence-electron chi connectivity index (χ2n) is 5.75. The fourth-order valence-electron chi connectivity index (χ4n) is 3.13.